The first-order chi connectivity index (χ1) is 7.63. The average Bonchev–Trinajstić information content (AvgIpc) is 2.26. The monoisotopic (exact) mass is 242 g/mol. The third-order valence-corrected chi connectivity index (χ3v) is 3.35. The highest BCUT2D eigenvalue weighted by Crippen LogP contribution is 2.13. The fourth-order valence-corrected chi connectivity index (χ4v) is 2.19. The van der Waals surface area contributed by atoms with Gasteiger partial charge in [0.05, 0.1) is 6.20 Å². The van der Waals surface area contributed by atoms with Gasteiger partial charge in [0.25, 0.3) is 0 Å². The highest BCUT2D eigenvalue weighted by molar-refractivity contribution is 7.98. The molecule has 0 saturated carbocycles. The Morgan fingerprint density at radius 2 is 2.19 bits per heavy atom. The van der Waals surface area contributed by atoms with E-state index in [2.05, 4.69) is 23.5 Å². The molecule has 2 unspecified atom stereocenters. The van der Waals surface area contributed by atoms with Gasteiger partial charge in [-0.25, -0.2) is 4.39 Å². The fourth-order valence-electron chi connectivity index (χ4n) is 1.50. The molecule has 1 aromatic rings. The maximum atomic E-state index is 13.0. The first-order valence-corrected chi connectivity index (χ1v) is 6.85. The summed E-state index contributed by atoms with van der Waals surface area (Å²) in [5.74, 6) is 1.49. The lowest BCUT2D eigenvalue weighted by molar-refractivity contribution is 0.497. The van der Waals surface area contributed by atoms with Crippen molar-refractivity contribution >= 4 is 11.8 Å². The number of aromatic nitrogens is 1. The van der Waals surface area contributed by atoms with Gasteiger partial charge in [-0.15, -0.1) is 0 Å². The number of nitrogens with zero attached hydrogens (tertiary/aromatic N) is 1. The summed E-state index contributed by atoms with van der Waals surface area (Å²) >= 11 is 1.85. The maximum Gasteiger partial charge on any atom is 0.141 e. The molecule has 1 rings (SSSR count). The summed E-state index contributed by atoms with van der Waals surface area (Å²) in [7, 11) is 0. The first kappa shape index (κ1) is 13.5. The molecule has 1 heterocycles. The van der Waals surface area contributed by atoms with E-state index in [0.717, 1.165) is 17.9 Å². The van der Waals surface area contributed by atoms with Crippen molar-refractivity contribution in [1.29, 1.82) is 0 Å². The van der Waals surface area contributed by atoms with Gasteiger partial charge < -0.3 is 5.32 Å². The molecular weight excluding hydrogens is 223 g/mol. The molecular formula is C12H19FN2S. The second-order valence-electron chi connectivity index (χ2n) is 4.13. The summed E-state index contributed by atoms with van der Waals surface area (Å²) in [6.45, 7) is 5.18. The van der Waals surface area contributed by atoms with E-state index >= 15 is 0 Å². The number of hydrogen-bond acceptors (Lipinski definition) is 3. The molecule has 0 saturated heterocycles. The van der Waals surface area contributed by atoms with Crippen LogP contribution in [-0.2, 0) is 0 Å². The van der Waals surface area contributed by atoms with Crippen molar-refractivity contribution < 1.29 is 4.39 Å². The number of hydrogen-bond donors (Lipinski definition) is 1. The van der Waals surface area contributed by atoms with Gasteiger partial charge in [-0.05, 0) is 43.0 Å². The molecule has 0 bridgehead atoms. The van der Waals surface area contributed by atoms with Crippen molar-refractivity contribution in [2.24, 2.45) is 5.92 Å². The van der Waals surface area contributed by atoms with Gasteiger partial charge in [-0.2, -0.15) is 11.8 Å². The molecule has 0 fully saturated rings. The molecule has 0 aliphatic carbocycles. The van der Waals surface area contributed by atoms with Crippen LogP contribution in [0.3, 0.4) is 0 Å². The van der Waals surface area contributed by atoms with Crippen molar-refractivity contribution in [3.63, 3.8) is 0 Å². The maximum absolute atomic E-state index is 13.0. The Labute approximate surface area is 101 Å². The lowest BCUT2D eigenvalue weighted by Gasteiger charge is -2.17. The molecule has 2 nitrogen and oxygen atoms in total. The van der Waals surface area contributed by atoms with E-state index in [4.69, 9.17) is 0 Å². The zero-order chi connectivity index (χ0) is 12.0. The Bertz CT molecular complexity index is 320. The van der Waals surface area contributed by atoms with Crippen molar-refractivity contribution in [3.05, 3.63) is 29.8 Å². The summed E-state index contributed by atoms with van der Waals surface area (Å²) in [4.78, 5) is 3.85. The minimum atomic E-state index is -0.275. The zero-order valence-corrected chi connectivity index (χ0v) is 10.9. The first-order valence-electron chi connectivity index (χ1n) is 5.46. The molecule has 0 aliphatic rings. The van der Waals surface area contributed by atoms with E-state index in [0.29, 0.717) is 5.92 Å². The molecule has 0 radical (unpaired) electrons. The van der Waals surface area contributed by atoms with Crippen LogP contribution in [0.25, 0.3) is 0 Å². The van der Waals surface area contributed by atoms with E-state index < -0.39 is 0 Å². The van der Waals surface area contributed by atoms with Crippen molar-refractivity contribution in [2.75, 3.05) is 18.6 Å². The third kappa shape index (κ3) is 4.49. The van der Waals surface area contributed by atoms with Crippen LogP contribution in [0, 0.1) is 11.7 Å². The summed E-state index contributed by atoms with van der Waals surface area (Å²) in [6, 6.07) is 1.68. The van der Waals surface area contributed by atoms with Crippen LogP contribution in [0.2, 0.25) is 0 Å². The van der Waals surface area contributed by atoms with Gasteiger partial charge in [0.2, 0.25) is 0 Å². The lowest BCUT2D eigenvalue weighted by Crippen LogP contribution is -2.25. The van der Waals surface area contributed by atoms with E-state index in [9.17, 15) is 4.39 Å². The molecule has 16 heavy (non-hydrogen) atoms. The second kappa shape index (κ2) is 6.86. The van der Waals surface area contributed by atoms with E-state index in [-0.39, 0.29) is 11.9 Å². The molecule has 4 heteroatoms. The van der Waals surface area contributed by atoms with E-state index in [1.165, 1.54) is 12.3 Å². The summed E-state index contributed by atoms with van der Waals surface area (Å²) in [6.07, 6.45) is 5.04. The highest BCUT2D eigenvalue weighted by Gasteiger charge is 2.08. The quantitative estimate of drug-likeness (QED) is 0.830. The molecule has 2 atom stereocenters. The minimum Gasteiger partial charge on any atom is -0.310 e. The van der Waals surface area contributed by atoms with Crippen LogP contribution in [0.15, 0.2) is 18.5 Å². The molecule has 1 N–H and O–H groups in total. The largest absolute Gasteiger partial charge is 0.310 e. The highest BCUT2D eigenvalue weighted by atomic mass is 32.2. The molecule has 90 valence electrons. The summed E-state index contributed by atoms with van der Waals surface area (Å²) in [5.41, 5.74) is 0.899. The van der Waals surface area contributed by atoms with Gasteiger partial charge in [0.15, 0.2) is 0 Å². The topological polar surface area (TPSA) is 24.9 Å². The van der Waals surface area contributed by atoms with Crippen LogP contribution in [0.5, 0.6) is 0 Å². The number of pyridine rings is 1. The molecule has 1 aromatic heterocycles. The second-order valence-corrected chi connectivity index (χ2v) is 5.04. The zero-order valence-electron chi connectivity index (χ0n) is 10.0. The van der Waals surface area contributed by atoms with Crippen LogP contribution in [0.4, 0.5) is 4.39 Å². The Morgan fingerprint density at radius 1 is 1.44 bits per heavy atom. The standard InChI is InChI=1S/C12H19FN2S/c1-9(8-16-3)5-15-10(2)11-4-12(13)7-14-6-11/h4,6-7,9-10,15H,5,8H2,1-3H3. The smallest absolute Gasteiger partial charge is 0.141 e. The van der Waals surface area contributed by atoms with Gasteiger partial charge in [0.1, 0.15) is 5.82 Å². The van der Waals surface area contributed by atoms with Crippen molar-refractivity contribution in [1.82, 2.24) is 10.3 Å². The predicted molar refractivity (Wildman–Crippen MR) is 68.2 cm³/mol. The van der Waals surface area contributed by atoms with Gasteiger partial charge in [-0.3, -0.25) is 4.98 Å². The predicted octanol–water partition coefficient (Wildman–Crippen LogP) is 2.87. The normalized spacial score (nSPS) is 14.8. The third-order valence-electron chi connectivity index (χ3n) is 2.45. The number of nitrogens with one attached hydrogen (secondary N) is 1. The Morgan fingerprint density at radius 3 is 2.81 bits per heavy atom. The van der Waals surface area contributed by atoms with E-state index in [1.54, 1.807) is 6.20 Å². The molecule has 0 aromatic carbocycles. The molecule has 0 spiro atoms. The van der Waals surface area contributed by atoms with Gasteiger partial charge in [-0.1, -0.05) is 6.92 Å². The average molecular weight is 242 g/mol. The number of thioether (sulfide) groups is 1. The number of halogens is 1. The van der Waals surface area contributed by atoms with Crippen LogP contribution in [-0.4, -0.2) is 23.5 Å². The fraction of sp³-hybridized carbons (Fsp3) is 0.583. The van der Waals surface area contributed by atoms with Crippen molar-refractivity contribution in [3.8, 4) is 0 Å². The van der Waals surface area contributed by atoms with Gasteiger partial charge in [0, 0.05) is 12.2 Å². The summed E-state index contributed by atoms with van der Waals surface area (Å²) < 4.78 is 13.0. The van der Waals surface area contributed by atoms with Crippen LogP contribution in [0.1, 0.15) is 25.5 Å². The molecule has 0 aliphatic heterocycles. The Balaban J connectivity index is 2.43. The Kier molecular flexibility index (Phi) is 5.77. The van der Waals surface area contributed by atoms with Crippen molar-refractivity contribution in [2.45, 2.75) is 19.9 Å². The SMILES string of the molecule is CSCC(C)CNC(C)c1cncc(F)c1. The Hall–Kier alpha value is -0.610. The van der Waals surface area contributed by atoms with Crippen LogP contribution >= 0.6 is 11.8 Å². The van der Waals surface area contributed by atoms with E-state index in [1.807, 2.05) is 18.7 Å². The minimum absolute atomic E-state index is 0.146. The van der Waals surface area contributed by atoms with Crippen LogP contribution < -0.4 is 5.32 Å². The van der Waals surface area contributed by atoms with Gasteiger partial charge >= 0.3 is 0 Å². The number of rotatable bonds is 6. The lowest BCUT2D eigenvalue weighted by atomic mass is 10.1. The summed E-state index contributed by atoms with van der Waals surface area (Å²) in [5, 5.41) is 3.39. The molecule has 0 amide bonds.